The van der Waals surface area contributed by atoms with E-state index in [-0.39, 0.29) is 5.75 Å². The summed E-state index contributed by atoms with van der Waals surface area (Å²) >= 11 is 5.47. The predicted octanol–water partition coefficient (Wildman–Crippen LogP) is 1.78. The van der Waals surface area contributed by atoms with E-state index in [0.717, 1.165) is 5.56 Å². The minimum absolute atomic E-state index is 0.124. The number of alkyl halides is 1. The van der Waals surface area contributed by atoms with E-state index in [1.807, 2.05) is 30.3 Å². The van der Waals surface area contributed by atoms with Gasteiger partial charge in [0.05, 0.1) is 5.75 Å². The Morgan fingerprint density at radius 3 is 2.50 bits per heavy atom. The van der Waals surface area contributed by atoms with Crippen molar-refractivity contribution < 1.29 is 8.42 Å². The number of hydrogen-bond donors (Lipinski definition) is 1. The summed E-state index contributed by atoms with van der Waals surface area (Å²) in [6.45, 7) is 0.417. The summed E-state index contributed by atoms with van der Waals surface area (Å²) in [5, 5.41) is 0. The van der Waals surface area contributed by atoms with Gasteiger partial charge in [-0.15, -0.1) is 11.6 Å². The highest BCUT2D eigenvalue weighted by Gasteiger charge is 2.08. The summed E-state index contributed by atoms with van der Waals surface area (Å²) in [4.78, 5) is 0. The van der Waals surface area contributed by atoms with Crippen LogP contribution in [0.25, 0.3) is 0 Å². The lowest BCUT2D eigenvalue weighted by molar-refractivity contribution is 0.580. The molecule has 1 N–H and O–H groups in total. The Kier molecular flexibility index (Phi) is 5.80. The highest BCUT2D eigenvalue weighted by Crippen LogP contribution is 2.01. The van der Waals surface area contributed by atoms with Crippen LogP contribution < -0.4 is 4.72 Å². The summed E-state index contributed by atoms with van der Waals surface area (Å²) in [5.41, 5.74) is 1.03. The lowest BCUT2D eigenvalue weighted by Gasteiger charge is -2.05. The van der Waals surface area contributed by atoms with Crippen LogP contribution in [0.4, 0.5) is 0 Å². The Bertz CT molecular complexity index is 392. The molecular formula is C11H16ClNO2S. The number of hydrogen-bond acceptors (Lipinski definition) is 2. The van der Waals surface area contributed by atoms with Gasteiger partial charge in [0.25, 0.3) is 0 Å². The van der Waals surface area contributed by atoms with E-state index in [1.54, 1.807) is 0 Å². The first kappa shape index (κ1) is 13.5. The molecule has 1 aromatic rings. The number of sulfonamides is 1. The van der Waals surface area contributed by atoms with Crippen LogP contribution in [0.15, 0.2) is 30.3 Å². The van der Waals surface area contributed by atoms with Gasteiger partial charge >= 0.3 is 0 Å². The molecule has 0 bridgehead atoms. The molecule has 1 rings (SSSR count). The molecule has 0 aliphatic heterocycles. The van der Waals surface area contributed by atoms with Crippen molar-refractivity contribution in [1.82, 2.24) is 4.72 Å². The Labute approximate surface area is 102 Å². The Morgan fingerprint density at radius 1 is 1.19 bits per heavy atom. The maximum Gasteiger partial charge on any atom is 0.211 e. The molecule has 3 nitrogen and oxygen atoms in total. The fraction of sp³-hybridized carbons (Fsp3) is 0.455. The molecule has 0 saturated carbocycles. The molecule has 0 unspecified atom stereocenters. The number of benzene rings is 1. The number of aryl methyl sites for hydroxylation is 1. The van der Waals surface area contributed by atoms with Crippen LogP contribution in [-0.2, 0) is 16.4 Å². The smallest absolute Gasteiger partial charge is 0.211 e. The van der Waals surface area contributed by atoms with Gasteiger partial charge in [0.1, 0.15) is 0 Å². The van der Waals surface area contributed by atoms with Crippen LogP contribution in [0.2, 0.25) is 0 Å². The largest absolute Gasteiger partial charge is 0.215 e. The topological polar surface area (TPSA) is 46.2 Å². The Hall–Kier alpha value is -0.580. The highest BCUT2D eigenvalue weighted by molar-refractivity contribution is 7.89. The summed E-state index contributed by atoms with van der Waals surface area (Å²) in [5.74, 6) is 0.598. The van der Waals surface area contributed by atoms with Gasteiger partial charge in [-0.1, -0.05) is 30.3 Å². The van der Waals surface area contributed by atoms with Gasteiger partial charge in [-0.3, -0.25) is 0 Å². The van der Waals surface area contributed by atoms with E-state index in [1.165, 1.54) is 0 Å². The van der Waals surface area contributed by atoms with Gasteiger partial charge in [0.15, 0.2) is 0 Å². The van der Waals surface area contributed by atoms with Crippen molar-refractivity contribution in [2.75, 3.05) is 18.2 Å². The lowest BCUT2D eigenvalue weighted by atomic mass is 10.2. The normalized spacial score (nSPS) is 11.6. The first-order chi connectivity index (χ1) is 7.64. The molecular weight excluding hydrogens is 246 g/mol. The monoisotopic (exact) mass is 261 g/mol. The first-order valence-electron chi connectivity index (χ1n) is 5.21. The van der Waals surface area contributed by atoms with Crippen LogP contribution in [0.3, 0.4) is 0 Å². The molecule has 0 heterocycles. The third-order valence-corrected chi connectivity index (χ3v) is 3.79. The van der Waals surface area contributed by atoms with Crippen molar-refractivity contribution in [1.29, 1.82) is 0 Å². The molecule has 90 valence electrons. The van der Waals surface area contributed by atoms with Crippen molar-refractivity contribution in [3.63, 3.8) is 0 Å². The van der Waals surface area contributed by atoms with Crippen LogP contribution >= 0.6 is 11.6 Å². The summed E-state index contributed by atoms with van der Waals surface area (Å²) < 4.78 is 25.6. The first-order valence-corrected chi connectivity index (χ1v) is 7.40. The third kappa shape index (κ3) is 5.49. The number of halogens is 1. The average molecular weight is 262 g/mol. The molecule has 0 atom stereocenters. The van der Waals surface area contributed by atoms with E-state index in [4.69, 9.17) is 11.6 Å². The molecule has 0 fully saturated rings. The van der Waals surface area contributed by atoms with Crippen molar-refractivity contribution in [3.05, 3.63) is 35.9 Å². The highest BCUT2D eigenvalue weighted by atomic mass is 35.5. The molecule has 0 aliphatic carbocycles. The second kappa shape index (κ2) is 6.89. The summed E-state index contributed by atoms with van der Waals surface area (Å²) in [7, 11) is -3.16. The average Bonchev–Trinajstić information content (AvgIpc) is 2.28. The van der Waals surface area contributed by atoms with Gasteiger partial charge in [-0.05, 0) is 18.4 Å². The van der Waals surface area contributed by atoms with Crippen LogP contribution in [0.1, 0.15) is 12.0 Å². The molecule has 5 heteroatoms. The maximum absolute atomic E-state index is 11.5. The van der Waals surface area contributed by atoms with Gasteiger partial charge in [0, 0.05) is 12.4 Å². The van der Waals surface area contributed by atoms with Crippen molar-refractivity contribution >= 4 is 21.6 Å². The molecule has 1 aromatic carbocycles. The zero-order chi connectivity index (χ0) is 11.9. The molecule has 0 amide bonds. The van der Waals surface area contributed by atoms with Crippen molar-refractivity contribution in [3.8, 4) is 0 Å². The molecule has 16 heavy (non-hydrogen) atoms. The van der Waals surface area contributed by atoms with Crippen LogP contribution in [-0.4, -0.2) is 26.6 Å². The molecule has 0 aliphatic rings. The van der Waals surface area contributed by atoms with Crippen molar-refractivity contribution in [2.24, 2.45) is 0 Å². The van der Waals surface area contributed by atoms with Gasteiger partial charge in [-0.25, -0.2) is 13.1 Å². The van der Waals surface area contributed by atoms with E-state index in [2.05, 4.69) is 4.72 Å². The minimum atomic E-state index is -3.16. The zero-order valence-electron chi connectivity index (χ0n) is 9.02. The fourth-order valence-corrected chi connectivity index (χ4v) is 2.50. The second-order valence-electron chi connectivity index (χ2n) is 3.49. The lowest BCUT2D eigenvalue weighted by Crippen LogP contribution is -2.28. The molecule has 0 saturated heterocycles. The van der Waals surface area contributed by atoms with Gasteiger partial charge in [-0.2, -0.15) is 0 Å². The second-order valence-corrected chi connectivity index (χ2v) is 5.80. The maximum atomic E-state index is 11.5. The van der Waals surface area contributed by atoms with Crippen molar-refractivity contribution in [2.45, 2.75) is 12.8 Å². The standard InChI is InChI=1S/C11H16ClNO2S/c12-8-4-9-13-16(14,15)10-7-11-5-2-1-3-6-11/h1-3,5-6,13H,4,7-10H2. The minimum Gasteiger partial charge on any atom is -0.215 e. The third-order valence-electron chi connectivity index (χ3n) is 2.13. The molecule has 0 spiro atoms. The van der Waals surface area contributed by atoms with Gasteiger partial charge in [0.2, 0.25) is 10.0 Å². The van der Waals surface area contributed by atoms with E-state index in [9.17, 15) is 8.42 Å². The SMILES string of the molecule is O=S(=O)(CCc1ccccc1)NCCCCl. The number of nitrogens with one attached hydrogen (secondary N) is 1. The van der Waals surface area contributed by atoms with E-state index >= 15 is 0 Å². The Balaban J connectivity index is 2.36. The summed E-state index contributed by atoms with van der Waals surface area (Å²) in [6.07, 6.45) is 1.20. The number of rotatable bonds is 7. The van der Waals surface area contributed by atoms with E-state index in [0.29, 0.717) is 25.3 Å². The predicted molar refractivity (Wildman–Crippen MR) is 67.3 cm³/mol. The molecule has 0 aromatic heterocycles. The van der Waals surface area contributed by atoms with E-state index < -0.39 is 10.0 Å². The fourth-order valence-electron chi connectivity index (χ4n) is 1.26. The quantitative estimate of drug-likeness (QED) is 0.601. The zero-order valence-corrected chi connectivity index (χ0v) is 10.6. The van der Waals surface area contributed by atoms with Crippen LogP contribution in [0, 0.1) is 0 Å². The van der Waals surface area contributed by atoms with Crippen LogP contribution in [0.5, 0.6) is 0 Å². The van der Waals surface area contributed by atoms with Gasteiger partial charge < -0.3 is 0 Å². The molecule has 0 radical (unpaired) electrons. The Morgan fingerprint density at radius 2 is 1.88 bits per heavy atom. The summed E-state index contributed by atoms with van der Waals surface area (Å²) in [6, 6.07) is 9.57.